The van der Waals surface area contributed by atoms with Crippen LogP contribution < -0.4 is 0 Å². The third kappa shape index (κ3) is 61.3. The zero-order valence-electron chi connectivity index (χ0n) is 56.6. The Kier molecular flexibility index (Phi) is 56.6. The summed E-state index contributed by atoms with van der Waals surface area (Å²) < 4.78 is 68.2. The molecule has 0 spiro atoms. The van der Waals surface area contributed by atoms with Crippen molar-refractivity contribution in [1.29, 1.82) is 0 Å². The van der Waals surface area contributed by atoms with E-state index in [1.54, 1.807) is 0 Å². The van der Waals surface area contributed by atoms with Gasteiger partial charge in [-0.25, -0.2) is 9.13 Å². The van der Waals surface area contributed by atoms with Crippen molar-refractivity contribution >= 4 is 39.5 Å². The quantitative estimate of drug-likeness (QED) is 0.0222. The third-order valence-electron chi connectivity index (χ3n) is 15.9. The second-order valence-corrected chi connectivity index (χ2v) is 29.1. The van der Waals surface area contributed by atoms with Gasteiger partial charge in [0.2, 0.25) is 0 Å². The van der Waals surface area contributed by atoms with Crippen LogP contribution in [-0.4, -0.2) is 96.7 Å². The van der Waals surface area contributed by atoms with Gasteiger partial charge < -0.3 is 33.8 Å². The Morgan fingerprint density at radius 3 is 0.816 bits per heavy atom. The van der Waals surface area contributed by atoms with Gasteiger partial charge in [-0.05, 0) is 49.4 Å². The number of phosphoric ester groups is 2. The van der Waals surface area contributed by atoms with Crippen molar-refractivity contribution in [1.82, 2.24) is 0 Å². The van der Waals surface area contributed by atoms with E-state index in [0.29, 0.717) is 31.6 Å². The minimum absolute atomic E-state index is 0.104. The van der Waals surface area contributed by atoms with E-state index >= 15 is 0 Å². The summed E-state index contributed by atoms with van der Waals surface area (Å²) in [4.78, 5) is 72.4. The minimum atomic E-state index is -4.95. The SMILES string of the molecule is CCC(C)CCCCCCCCCCC(=O)OC[C@H](COP(=O)(O)OCC(O)COP(=O)(O)OC[C@@H](COC(=O)CCCCCCCCCC(C)C)OC(=O)CCCCCCCCCCCC(C)C)OC(=O)CCCCCCCCCCCCC(C)C. The number of ether oxygens (including phenoxy) is 4. The highest BCUT2D eigenvalue weighted by Crippen LogP contribution is 2.45. The number of phosphoric acid groups is 2. The highest BCUT2D eigenvalue weighted by atomic mass is 31.2. The number of rotatable bonds is 65. The van der Waals surface area contributed by atoms with Crippen LogP contribution in [0.1, 0.15) is 331 Å². The van der Waals surface area contributed by atoms with Crippen LogP contribution in [0.4, 0.5) is 0 Å². The fourth-order valence-corrected chi connectivity index (χ4v) is 11.7. The number of carbonyl (C=O) groups excluding carboxylic acids is 4. The molecule has 19 heteroatoms. The third-order valence-corrected chi connectivity index (χ3v) is 17.8. The van der Waals surface area contributed by atoms with E-state index in [1.807, 2.05) is 0 Å². The Balaban J connectivity index is 5.27. The number of aliphatic hydroxyl groups is 1. The predicted molar refractivity (Wildman–Crippen MR) is 349 cm³/mol. The number of hydrogen-bond acceptors (Lipinski definition) is 15. The van der Waals surface area contributed by atoms with Gasteiger partial charge in [0.1, 0.15) is 19.3 Å². The Hall–Kier alpha value is -1.94. The molecule has 0 aliphatic carbocycles. The summed E-state index contributed by atoms with van der Waals surface area (Å²) >= 11 is 0. The Morgan fingerprint density at radius 1 is 0.322 bits per heavy atom. The number of aliphatic hydroxyl groups excluding tert-OH is 1. The van der Waals surface area contributed by atoms with Gasteiger partial charge in [-0.1, -0.05) is 280 Å². The van der Waals surface area contributed by atoms with Gasteiger partial charge in [-0.2, -0.15) is 0 Å². The first-order valence-electron chi connectivity index (χ1n) is 35.2. The lowest BCUT2D eigenvalue weighted by Gasteiger charge is -2.21. The van der Waals surface area contributed by atoms with Crippen LogP contribution in [0.3, 0.4) is 0 Å². The molecule has 0 aliphatic rings. The normalized spacial score (nSPS) is 14.6. The lowest BCUT2D eigenvalue weighted by Crippen LogP contribution is -2.30. The van der Waals surface area contributed by atoms with E-state index in [1.165, 1.54) is 128 Å². The molecule has 6 atom stereocenters. The summed E-state index contributed by atoms with van der Waals surface area (Å²) in [6, 6.07) is 0. The van der Waals surface area contributed by atoms with Crippen LogP contribution in [0.25, 0.3) is 0 Å². The molecule has 516 valence electrons. The largest absolute Gasteiger partial charge is 0.472 e. The highest BCUT2D eigenvalue weighted by molar-refractivity contribution is 7.47. The predicted octanol–water partition coefficient (Wildman–Crippen LogP) is 18.9. The van der Waals surface area contributed by atoms with Gasteiger partial charge >= 0.3 is 39.5 Å². The summed E-state index contributed by atoms with van der Waals surface area (Å²) in [5.41, 5.74) is 0. The van der Waals surface area contributed by atoms with Crippen molar-refractivity contribution in [3.8, 4) is 0 Å². The number of esters is 4. The lowest BCUT2D eigenvalue weighted by molar-refractivity contribution is -0.161. The lowest BCUT2D eigenvalue weighted by atomic mass is 9.99. The highest BCUT2D eigenvalue weighted by Gasteiger charge is 2.30. The number of unbranched alkanes of at least 4 members (excludes halogenated alkanes) is 30. The molecule has 0 aromatic rings. The van der Waals surface area contributed by atoms with E-state index in [4.69, 9.17) is 37.0 Å². The molecule has 0 aromatic carbocycles. The molecule has 87 heavy (non-hydrogen) atoms. The first-order valence-corrected chi connectivity index (χ1v) is 38.2. The molecule has 0 aliphatic heterocycles. The zero-order chi connectivity index (χ0) is 64.7. The van der Waals surface area contributed by atoms with E-state index in [2.05, 4.69) is 55.4 Å². The summed E-state index contributed by atoms with van der Waals surface area (Å²) in [7, 11) is -9.90. The molecule has 0 fully saturated rings. The van der Waals surface area contributed by atoms with Crippen molar-refractivity contribution < 1.29 is 80.2 Å². The number of hydrogen-bond donors (Lipinski definition) is 3. The molecular weight excluding hydrogens is 1150 g/mol. The molecular formula is C68H132O17P2. The average molecular weight is 1280 g/mol. The second kappa shape index (κ2) is 57.9. The molecule has 0 radical (unpaired) electrons. The second-order valence-electron chi connectivity index (χ2n) is 26.2. The Labute approximate surface area is 530 Å². The van der Waals surface area contributed by atoms with Crippen molar-refractivity contribution in [2.24, 2.45) is 23.7 Å². The monoisotopic (exact) mass is 1280 g/mol. The number of carbonyl (C=O) groups is 4. The fraction of sp³-hybridized carbons (Fsp3) is 0.941. The van der Waals surface area contributed by atoms with Crippen molar-refractivity contribution in [2.45, 2.75) is 350 Å². The maximum atomic E-state index is 13.0. The molecule has 0 saturated carbocycles. The van der Waals surface area contributed by atoms with Crippen LogP contribution in [-0.2, 0) is 65.4 Å². The molecule has 0 saturated heterocycles. The van der Waals surface area contributed by atoms with Crippen molar-refractivity contribution in [3.63, 3.8) is 0 Å². The smallest absolute Gasteiger partial charge is 0.462 e. The molecule has 3 N–H and O–H groups in total. The van der Waals surface area contributed by atoms with Gasteiger partial charge in [0, 0.05) is 25.7 Å². The van der Waals surface area contributed by atoms with E-state index in [0.717, 1.165) is 114 Å². The fourth-order valence-electron chi connectivity index (χ4n) is 10.1. The molecule has 0 aromatic heterocycles. The van der Waals surface area contributed by atoms with E-state index in [-0.39, 0.29) is 25.7 Å². The van der Waals surface area contributed by atoms with Crippen molar-refractivity contribution in [3.05, 3.63) is 0 Å². The molecule has 0 heterocycles. The van der Waals surface area contributed by atoms with Crippen molar-refractivity contribution in [2.75, 3.05) is 39.6 Å². The molecule has 0 amide bonds. The molecule has 17 nitrogen and oxygen atoms in total. The zero-order valence-corrected chi connectivity index (χ0v) is 58.4. The first kappa shape index (κ1) is 85.1. The summed E-state index contributed by atoms with van der Waals surface area (Å²) in [6.45, 7) is 14.0. The van der Waals surface area contributed by atoms with Crippen LogP contribution in [0.5, 0.6) is 0 Å². The molecule has 0 rings (SSSR count). The van der Waals surface area contributed by atoms with Gasteiger partial charge in [0.25, 0.3) is 0 Å². The summed E-state index contributed by atoms with van der Waals surface area (Å²) in [5.74, 6) is 0.838. The maximum Gasteiger partial charge on any atom is 0.472 e. The Morgan fingerprint density at radius 2 is 0.552 bits per heavy atom. The van der Waals surface area contributed by atoms with Crippen LogP contribution >= 0.6 is 15.6 Å². The van der Waals surface area contributed by atoms with E-state index < -0.39 is 97.5 Å². The van der Waals surface area contributed by atoms with E-state index in [9.17, 15) is 43.2 Å². The minimum Gasteiger partial charge on any atom is -0.462 e. The van der Waals surface area contributed by atoms with Crippen LogP contribution in [0, 0.1) is 23.7 Å². The van der Waals surface area contributed by atoms with Gasteiger partial charge in [0.15, 0.2) is 12.2 Å². The van der Waals surface area contributed by atoms with Gasteiger partial charge in [0.05, 0.1) is 26.4 Å². The Bertz CT molecular complexity index is 1730. The van der Waals surface area contributed by atoms with Crippen LogP contribution in [0.2, 0.25) is 0 Å². The average Bonchev–Trinajstić information content (AvgIpc) is 3.67. The summed E-state index contributed by atoms with van der Waals surface area (Å²) in [6.07, 6.45) is 38.9. The maximum absolute atomic E-state index is 13.0. The van der Waals surface area contributed by atoms with Crippen LogP contribution in [0.15, 0.2) is 0 Å². The standard InChI is InChI=1S/C68H132O17P2/c1-9-61(8)47-39-31-23-17-18-24-32-40-48-65(70)78-54-63(84-67(72)50-42-34-25-15-11-10-13-20-28-36-44-58(2)3)56-82-86(74,75)80-52-62(69)53-81-87(76,77)83-57-64(55-79-66(71)49-41-33-27-19-22-30-38-46-60(6)7)85-68(73)51-43-35-26-16-12-14-21-29-37-45-59(4)5/h58-64,69H,9-57H2,1-8H3,(H,74,75)(H,76,77)/t61?,62?,63-,64-/m1/s1. The first-order chi connectivity index (χ1) is 41.6. The molecule has 0 bridgehead atoms. The molecule has 4 unspecified atom stereocenters. The van der Waals surface area contributed by atoms with Gasteiger partial charge in [-0.3, -0.25) is 37.3 Å². The topological polar surface area (TPSA) is 237 Å². The van der Waals surface area contributed by atoms with Gasteiger partial charge in [-0.15, -0.1) is 0 Å². The summed E-state index contributed by atoms with van der Waals surface area (Å²) in [5, 5.41) is 10.6.